The first kappa shape index (κ1) is 11.2. The quantitative estimate of drug-likeness (QED) is 0.708. The third-order valence-corrected chi connectivity index (χ3v) is 1.95. The van der Waals surface area contributed by atoms with Crippen LogP contribution in [0.25, 0.3) is 0 Å². The molecule has 4 heteroatoms. The lowest BCUT2D eigenvalue weighted by Crippen LogP contribution is -2.32. The van der Waals surface area contributed by atoms with E-state index in [2.05, 4.69) is 23.4 Å². The Kier molecular flexibility index (Phi) is 4.34. The Hall–Kier alpha value is -1.84. The van der Waals surface area contributed by atoms with Crippen LogP contribution < -0.4 is 0 Å². The lowest BCUT2D eigenvalue weighted by molar-refractivity contribution is -0.129. The van der Waals surface area contributed by atoms with E-state index in [0.29, 0.717) is 19.5 Å². The molecule has 0 saturated carbocycles. The normalized spacial score (nSPS) is 9.60. The number of rotatable bonds is 6. The van der Waals surface area contributed by atoms with Gasteiger partial charge in [-0.1, -0.05) is 12.2 Å². The van der Waals surface area contributed by atoms with Gasteiger partial charge < -0.3 is 4.90 Å². The van der Waals surface area contributed by atoms with Crippen LogP contribution in [0.2, 0.25) is 0 Å². The third kappa shape index (κ3) is 3.42. The van der Waals surface area contributed by atoms with Crippen LogP contribution in [0.15, 0.2) is 37.6 Å². The smallest absolute Gasteiger partial charge is 0.229 e. The van der Waals surface area contributed by atoms with Gasteiger partial charge in [0.2, 0.25) is 5.91 Å². The topological polar surface area (TPSA) is 49.0 Å². The molecule has 1 N–H and O–H groups in total. The van der Waals surface area contributed by atoms with Gasteiger partial charge in [-0.25, -0.2) is 0 Å². The molecule has 0 atom stereocenters. The third-order valence-electron chi connectivity index (χ3n) is 1.95. The van der Waals surface area contributed by atoms with Crippen molar-refractivity contribution in [1.82, 2.24) is 15.1 Å². The van der Waals surface area contributed by atoms with Crippen molar-refractivity contribution in [3.63, 3.8) is 0 Å². The van der Waals surface area contributed by atoms with E-state index in [4.69, 9.17) is 0 Å². The summed E-state index contributed by atoms with van der Waals surface area (Å²) in [5, 5.41) is 6.55. The second-order valence-corrected chi connectivity index (χ2v) is 3.13. The largest absolute Gasteiger partial charge is 0.335 e. The fourth-order valence-electron chi connectivity index (χ4n) is 1.25. The number of nitrogens with zero attached hydrogens (tertiary/aromatic N) is 2. The standard InChI is InChI=1S/C11H15N3O/c1-3-7-14(8-4-2)11(15)9-10-5-6-12-13-10/h3-6H,1-2,7-9H2,(H,12,13). The summed E-state index contributed by atoms with van der Waals surface area (Å²) in [4.78, 5) is 13.5. The molecule has 80 valence electrons. The van der Waals surface area contributed by atoms with Crippen LogP contribution in [0.1, 0.15) is 5.69 Å². The van der Waals surface area contributed by atoms with Crippen molar-refractivity contribution in [2.45, 2.75) is 6.42 Å². The Morgan fingerprint density at radius 3 is 2.60 bits per heavy atom. The summed E-state index contributed by atoms with van der Waals surface area (Å²) in [6.45, 7) is 8.31. The number of amides is 1. The highest BCUT2D eigenvalue weighted by molar-refractivity contribution is 5.78. The maximum atomic E-state index is 11.8. The van der Waals surface area contributed by atoms with Crippen molar-refractivity contribution >= 4 is 5.91 Å². The SMILES string of the molecule is C=CCN(CC=C)C(=O)Cc1ccn[nH]1. The van der Waals surface area contributed by atoms with E-state index in [1.54, 1.807) is 29.3 Å². The van der Waals surface area contributed by atoms with Crippen molar-refractivity contribution in [1.29, 1.82) is 0 Å². The van der Waals surface area contributed by atoms with E-state index in [0.717, 1.165) is 5.69 Å². The number of aromatic nitrogens is 2. The average molecular weight is 205 g/mol. The van der Waals surface area contributed by atoms with E-state index in [1.165, 1.54) is 0 Å². The Balaban J connectivity index is 2.55. The van der Waals surface area contributed by atoms with Crippen LogP contribution in [0, 0.1) is 0 Å². The summed E-state index contributed by atoms with van der Waals surface area (Å²) in [7, 11) is 0. The molecule has 0 aliphatic heterocycles. The number of nitrogens with one attached hydrogen (secondary N) is 1. The lowest BCUT2D eigenvalue weighted by atomic mass is 10.2. The van der Waals surface area contributed by atoms with Crippen LogP contribution in [-0.4, -0.2) is 34.1 Å². The number of hydrogen-bond acceptors (Lipinski definition) is 2. The van der Waals surface area contributed by atoms with E-state index < -0.39 is 0 Å². The van der Waals surface area contributed by atoms with E-state index >= 15 is 0 Å². The number of hydrogen-bond donors (Lipinski definition) is 1. The van der Waals surface area contributed by atoms with Gasteiger partial charge in [-0.15, -0.1) is 13.2 Å². The molecule has 0 unspecified atom stereocenters. The van der Waals surface area contributed by atoms with E-state index in [1.807, 2.05) is 0 Å². The molecule has 0 spiro atoms. The maximum absolute atomic E-state index is 11.8. The minimum absolute atomic E-state index is 0.0408. The van der Waals surface area contributed by atoms with Crippen LogP contribution in [0.5, 0.6) is 0 Å². The highest BCUT2D eigenvalue weighted by Gasteiger charge is 2.11. The number of carbonyl (C=O) groups excluding carboxylic acids is 1. The molecule has 0 radical (unpaired) electrons. The van der Waals surface area contributed by atoms with Gasteiger partial charge in [0, 0.05) is 25.0 Å². The van der Waals surface area contributed by atoms with Crippen molar-refractivity contribution in [2.24, 2.45) is 0 Å². The molecule has 15 heavy (non-hydrogen) atoms. The molecule has 0 aromatic carbocycles. The average Bonchev–Trinajstić information content (AvgIpc) is 2.70. The van der Waals surface area contributed by atoms with Gasteiger partial charge in [-0.2, -0.15) is 5.10 Å². The maximum Gasteiger partial charge on any atom is 0.229 e. The zero-order chi connectivity index (χ0) is 11.1. The van der Waals surface area contributed by atoms with Gasteiger partial charge >= 0.3 is 0 Å². The van der Waals surface area contributed by atoms with Crippen molar-refractivity contribution in [3.05, 3.63) is 43.3 Å². The van der Waals surface area contributed by atoms with Crippen molar-refractivity contribution in [2.75, 3.05) is 13.1 Å². The van der Waals surface area contributed by atoms with Gasteiger partial charge in [0.25, 0.3) is 0 Å². The Morgan fingerprint density at radius 1 is 1.47 bits per heavy atom. The predicted molar refractivity (Wildman–Crippen MR) is 59.3 cm³/mol. The monoisotopic (exact) mass is 205 g/mol. The summed E-state index contributed by atoms with van der Waals surface area (Å²) in [5.74, 6) is 0.0408. The number of H-pyrrole nitrogens is 1. The molecular weight excluding hydrogens is 190 g/mol. The molecule has 0 fully saturated rings. The zero-order valence-corrected chi connectivity index (χ0v) is 8.65. The highest BCUT2D eigenvalue weighted by Crippen LogP contribution is 1.99. The van der Waals surface area contributed by atoms with Gasteiger partial charge in [0.1, 0.15) is 0 Å². The predicted octanol–water partition coefficient (Wildman–Crippen LogP) is 1.15. The molecule has 1 rings (SSSR count). The molecular formula is C11H15N3O. The van der Waals surface area contributed by atoms with Crippen molar-refractivity contribution in [3.8, 4) is 0 Å². The molecule has 0 saturated heterocycles. The molecule has 1 heterocycles. The van der Waals surface area contributed by atoms with E-state index in [-0.39, 0.29) is 5.91 Å². The van der Waals surface area contributed by atoms with E-state index in [9.17, 15) is 4.79 Å². The minimum atomic E-state index is 0.0408. The Morgan fingerprint density at radius 2 is 2.13 bits per heavy atom. The first-order chi connectivity index (χ1) is 7.27. The second kappa shape index (κ2) is 5.80. The highest BCUT2D eigenvalue weighted by atomic mass is 16.2. The first-order valence-corrected chi connectivity index (χ1v) is 4.75. The molecule has 4 nitrogen and oxygen atoms in total. The summed E-state index contributed by atoms with van der Waals surface area (Å²) >= 11 is 0. The lowest BCUT2D eigenvalue weighted by Gasteiger charge is -2.18. The van der Waals surface area contributed by atoms with Gasteiger partial charge in [0.15, 0.2) is 0 Å². The van der Waals surface area contributed by atoms with Crippen LogP contribution in [-0.2, 0) is 11.2 Å². The molecule has 0 bridgehead atoms. The number of carbonyl (C=O) groups is 1. The number of aromatic amines is 1. The minimum Gasteiger partial charge on any atom is -0.335 e. The van der Waals surface area contributed by atoms with Gasteiger partial charge in [0.05, 0.1) is 6.42 Å². The molecule has 1 aromatic heterocycles. The van der Waals surface area contributed by atoms with Crippen LogP contribution in [0.3, 0.4) is 0 Å². The first-order valence-electron chi connectivity index (χ1n) is 4.75. The summed E-state index contributed by atoms with van der Waals surface area (Å²) in [6.07, 6.45) is 5.37. The fourth-order valence-corrected chi connectivity index (χ4v) is 1.25. The molecule has 1 amide bonds. The van der Waals surface area contributed by atoms with Crippen LogP contribution >= 0.6 is 0 Å². The van der Waals surface area contributed by atoms with Crippen LogP contribution in [0.4, 0.5) is 0 Å². The molecule has 0 aliphatic carbocycles. The molecule has 0 aliphatic rings. The Bertz CT molecular complexity index is 320. The molecule has 1 aromatic rings. The second-order valence-electron chi connectivity index (χ2n) is 3.13. The van der Waals surface area contributed by atoms with Gasteiger partial charge in [-0.05, 0) is 6.07 Å². The summed E-state index contributed by atoms with van der Waals surface area (Å²) in [5.41, 5.74) is 0.818. The van der Waals surface area contributed by atoms with Gasteiger partial charge in [-0.3, -0.25) is 9.89 Å². The van der Waals surface area contributed by atoms with Crippen molar-refractivity contribution < 1.29 is 4.79 Å². The summed E-state index contributed by atoms with van der Waals surface area (Å²) < 4.78 is 0. The summed E-state index contributed by atoms with van der Waals surface area (Å²) in [6, 6.07) is 1.79. The zero-order valence-electron chi connectivity index (χ0n) is 8.65. The Labute approximate surface area is 89.3 Å². The fraction of sp³-hybridized carbons (Fsp3) is 0.273.